The number of halogens is 1. The Labute approximate surface area is 170 Å². The van der Waals surface area contributed by atoms with Crippen LogP contribution in [-0.2, 0) is 0 Å². The highest BCUT2D eigenvalue weighted by Crippen LogP contribution is 2.26. The molecule has 3 nitrogen and oxygen atoms in total. The lowest BCUT2D eigenvalue weighted by molar-refractivity contribution is 1.02. The molecule has 128 valence electrons. The summed E-state index contributed by atoms with van der Waals surface area (Å²) in [6.07, 6.45) is 0. The Kier molecular flexibility index (Phi) is 4.05. The fourth-order valence-corrected chi connectivity index (χ4v) is 3.72. The second-order valence-corrected chi connectivity index (χ2v) is 7.34. The molecule has 4 heteroatoms. The lowest BCUT2D eigenvalue weighted by atomic mass is 10.1. The summed E-state index contributed by atoms with van der Waals surface area (Å²) >= 11 is 2.16. The lowest BCUT2D eigenvalue weighted by Gasteiger charge is -2.07. The van der Waals surface area contributed by atoms with Gasteiger partial charge in [-0.1, -0.05) is 72.8 Å². The maximum Gasteiger partial charge on any atom is 0.194 e. The molecule has 0 saturated carbocycles. The van der Waals surface area contributed by atoms with E-state index in [1.54, 1.807) is 0 Å². The molecule has 0 spiro atoms. The number of hydrogen-bond acceptors (Lipinski definition) is 3. The number of aromatic nitrogens is 3. The first-order valence-corrected chi connectivity index (χ1v) is 9.74. The van der Waals surface area contributed by atoms with Gasteiger partial charge in [0, 0.05) is 33.7 Å². The summed E-state index contributed by atoms with van der Waals surface area (Å²) < 4.78 is 0.689. The van der Waals surface area contributed by atoms with E-state index in [0.29, 0.717) is 15.5 Å². The van der Waals surface area contributed by atoms with Crippen molar-refractivity contribution in [2.75, 3.05) is 0 Å². The van der Waals surface area contributed by atoms with Gasteiger partial charge in [-0.25, -0.2) is 15.0 Å². The van der Waals surface area contributed by atoms with Gasteiger partial charge in [0.15, 0.2) is 15.5 Å². The highest BCUT2D eigenvalue weighted by molar-refractivity contribution is 14.1. The first kappa shape index (κ1) is 16.3. The van der Waals surface area contributed by atoms with Crippen LogP contribution >= 0.6 is 22.6 Å². The predicted molar refractivity (Wildman–Crippen MR) is 118 cm³/mol. The average Bonchev–Trinajstić information content (AvgIpc) is 2.72. The van der Waals surface area contributed by atoms with Gasteiger partial charge in [0.05, 0.1) is 0 Å². The molecule has 5 aromatic rings. The normalized spacial score (nSPS) is 11.1. The molecule has 1 heterocycles. The van der Waals surface area contributed by atoms with Gasteiger partial charge in [0.25, 0.3) is 0 Å². The third kappa shape index (κ3) is 3.17. The van der Waals surface area contributed by atoms with E-state index >= 15 is 0 Å². The molecule has 0 N–H and O–H groups in total. The third-order valence-corrected chi connectivity index (χ3v) is 5.11. The van der Waals surface area contributed by atoms with Crippen LogP contribution in [0.2, 0.25) is 0 Å². The first-order valence-electron chi connectivity index (χ1n) is 8.66. The van der Waals surface area contributed by atoms with Crippen LogP contribution in [0.1, 0.15) is 0 Å². The molecule has 0 aliphatic rings. The van der Waals surface area contributed by atoms with Crippen molar-refractivity contribution in [3.05, 3.63) is 88.8 Å². The summed E-state index contributed by atoms with van der Waals surface area (Å²) in [7, 11) is 0. The zero-order valence-corrected chi connectivity index (χ0v) is 16.5. The highest BCUT2D eigenvalue weighted by atomic mass is 127. The Balaban J connectivity index is 1.64. The van der Waals surface area contributed by atoms with Gasteiger partial charge in [0.1, 0.15) is 0 Å². The van der Waals surface area contributed by atoms with E-state index < -0.39 is 0 Å². The number of hydrogen-bond donors (Lipinski definition) is 0. The highest BCUT2D eigenvalue weighted by Gasteiger charge is 2.10. The monoisotopic (exact) mass is 459 g/mol. The SMILES string of the molecule is Ic1nc(-c2ccc3ccccc3c2)nc(-c2ccc3ccccc3c2)n1. The molecule has 27 heavy (non-hydrogen) atoms. The van der Waals surface area contributed by atoms with Crippen LogP contribution in [0.3, 0.4) is 0 Å². The molecule has 4 aromatic carbocycles. The molecule has 0 fully saturated rings. The minimum absolute atomic E-state index is 0.689. The Hall–Kier alpha value is -2.86. The number of nitrogens with zero attached hydrogens (tertiary/aromatic N) is 3. The minimum Gasteiger partial charge on any atom is -0.208 e. The standard InChI is InChI=1S/C23H14IN3/c24-23-26-21(19-11-9-15-5-1-3-7-17(15)13-19)25-22(27-23)20-12-10-16-6-2-4-8-18(16)14-20/h1-14H. The zero-order chi connectivity index (χ0) is 18.2. The number of benzene rings is 4. The topological polar surface area (TPSA) is 38.7 Å². The van der Waals surface area contributed by atoms with Crippen LogP contribution in [-0.4, -0.2) is 15.0 Å². The molecule has 1 aromatic heterocycles. The van der Waals surface area contributed by atoms with E-state index in [2.05, 4.69) is 93.2 Å². The third-order valence-electron chi connectivity index (χ3n) is 4.62. The van der Waals surface area contributed by atoms with Crippen LogP contribution in [0.25, 0.3) is 44.3 Å². The van der Waals surface area contributed by atoms with Gasteiger partial charge in [-0.2, -0.15) is 0 Å². The summed E-state index contributed by atoms with van der Waals surface area (Å²) in [6, 6.07) is 29.2. The zero-order valence-electron chi connectivity index (χ0n) is 14.3. The number of rotatable bonds is 2. The quantitative estimate of drug-likeness (QED) is 0.299. The van der Waals surface area contributed by atoms with Gasteiger partial charge in [0.2, 0.25) is 0 Å². The summed E-state index contributed by atoms with van der Waals surface area (Å²) in [6.45, 7) is 0. The van der Waals surface area contributed by atoms with E-state index in [1.807, 2.05) is 24.3 Å². The van der Waals surface area contributed by atoms with Crippen LogP contribution in [0, 0.1) is 3.83 Å². The molecule has 0 amide bonds. The fraction of sp³-hybridized carbons (Fsp3) is 0. The van der Waals surface area contributed by atoms with Crippen molar-refractivity contribution in [2.45, 2.75) is 0 Å². The molecule has 0 radical (unpaired) electrons. The van der Waals surface area contributed by atoms with Crippen LogP contribution in [0.5, 0.6) is 0 Å². The molecular weight excluding hydrogens is 445 g/mol. The Morgan fingerprint density at radius 2 is 0.926 bits per heavy atom. The van der Waals surface area contributed by atoms with Crippen molar-refractivity contribution in [3.63, 3.8) is 0 Å². The lowest BCUT2D eigenvalue weighted by Crippen LogP contribution is -1.99. The minimum atomic E-state index is 0.689. The molecular formula is C23H14IN3. The fourth-order valence-electron chi connectivity index (χ4n) is 3.27. The molecule has 0 saturated heterocycles. The van der Waals surface area contributed by atoms with Crippen molar-refractivity contribution in [2.24, 2.45) is 0 Å². The van der Waals surface area contributed by atoms with Crippen molar-refractivity contribution >= 4 is 44.1 Å². The molecule has 0 bridgehead atoms. The maximum absolute atomic E-state index is 4.76. The second kappa shape index (κ2) is 6.70. The number of fused-ring (bicyclic) bond motifs is 2. The molecule has 0 aliphatic heterocycles. The molecule has 5 rings (SSSR count). The molecule has 0 unspecified atom stereocenters. The summed E-state index contributed by atoms with van der Waals surface area (Å²) in [5.74, 6) is 1.40. The Morgan fingerprint density at radius 1 is 0.481 bits per heavy atom. The Bertz CT molecular complexity index is 1200. The first-order chi connectivity index (χ1) is 13.3. The van der Waals surface area contributed by atoms with Gasteiger partial charge in [-0.3, -0.25) is 0 Å². The van der Waals surface area contributed by atoms with E-state index in [0.717, 1.165) is 11.1 Å². The van der Waals surface area contributed by atoms with Gasteiger partial charge >= 0.3 is 0 Å². The van der Waals surface area contributed by atoms with Crippen molar-refractivity contribution in [1.29, 1.82) is 0 Å². The van der Waals surface area contributed by atoms with E-state index in [-0.39, 0.29) is 0 Å². The van der Waals surface area contributed by atoms with Crippen molar-refractivity contribution in [1.82, 2.24) is 15.0 Å². The summed E-state index contributed by atoms with van der Waals surface area (Å²) in [4.78, 5) is 13.9. The smallest absolute Gasteiger partial charge is 0.194 e. The van der Waals surface area contributed by atoms with Crippen molar-refractivity contribution in [3.8, 4) is 22.8 Å². The van der Waals surface area contributed by atoms with Crippen LogP contribution in [0.4, 0.5) is 0 Å². The van der Waals surface area contributed by atoms with Gasteiger partial charge in [-0.15, -0.1) is 0 Å². The van der Waals surface area contributed by atoms with E-state index in [4.69, 9.17) is 4.98 Å². The average molecular weight is 459 g/mol. The van der Waals surface area contributed by atoms with Crippen LogP contribution < -0.4 is 0 Å². The largest absolute Gasteiger partial charge is 0.208 e. The van der Waals surface area contributed by atoms with Crippen LogP contribution in [0.15, 0.2) is 84.9 Å². The molecule has 0 atom stereocenters. The maximum atomic E-state index is 4.76. The van der Waals surface area contributed by atoms with E-state index in [1.165, 1.54) is 21.5 Å². The summed E-state index contributed by atoms with van der Waals surface area (Å²) in [5.41, 5.74) is 1.99. The van der Waals surface area contributed by atoms with Gasteiger partial charge < -0.3 is 0 Å². The predicted octanol–water partition coefficient (Wildman–Crippen LogP) is 6.12. The van der Waals surface area contributed by atoms with E-state index in [9.17, 15) is 0 Å². The second-order valence-electron chi connectivity index (χ2n) is 6.38. The van der Waals surface area contributed by atoms with Crippen molar-refractivity contribution < 1.29 is 0 Å². The Morgan fingerprint density at radius 3 is 1.41 bits per heavy atom. The summed E-state index contributed by atoms with van der Waals surface area (Å²) in [5, 5.41) is 4.77. The molecule has 0 aliphatic carbocycles. The van der Waals surface area contributed by atoms with Gasteiger partial charge in [-0.05, 0) is 33.7 Å².